The van der Waals surface area contributed by atoms with Crippen LogP contribution in [0.5, 0.6) is 0 Å². The number of nitrogens with zero attached hydrogens (tertiary/aromatic N) is 1. The molecule has 1 aromatic carbocycles. The van der Waals surface area contributed by atoms with Crippen LogP contribution in [0.4, 0.5) is 0 Å². The average Bonchev–Trinajstić information content (AvgIpc) is 2.62. The van der Waals surface area contributed by atoms with E-state index in [-0.39, 0.29) is 12.5 Å². The van der Waals surface area contributed by atoms with Crippen molar-refractivity contribution < 1.29 is 9.47 Å². The molecule has 3 nitrogen and oxygen atoms in total. The van der Waals surface area contributed by atoms with Crippen molar-refractivity contribution in [3.05, 3.63) is 35.4 Å². The highest BCUT2D eigenvalue weighted by molar-refractivity contribution is 5.35. The standard InChI is InChI=1S/C13H19NO2/c1-9(2)14-12(15-3)10-7-5-6-8-11(10)13(14)16-4/h5-9,12-13H,1-4H3. The van der Waals surface area contributed by atoms with Crippen LogP contribution in [0.3, 0.4) is 0 Å². The fourth-order valence-electron chi connectivity index (χ4n) is 2.44. The van der Waals surface area contributed by atoms with Crippen LogP contribution in [0.1, 0.15) is 37.4 Å². The maximum absolute atomic E-state index is 5.59. The van der Waals surface area contributed by atoms with Crippen LogP contribution in [-0.2, 0) is 9.47 Å². The van der Waals surface area contributed by atoms with Crippen LogP contribution in [0.25, 0.3) is 0 Å². The molecule has 1 heterocycles. The summed E-state index contributed by atoms with van der Waals surface area (Å²) in [6, 6.07) is 8.68. The normalized spacial score (nSPS) is 25.1. The zero-order valence-electron chi connectivity index (χ0n) is 10.3. The maximum atomic E-state index is 5.59. The number of benzene rings is 1. The Morgan fingerprint density at radius 2 is 1.44 bits per heavy atom. The Morgan fingerprint density at radius 1 is 1.00 bits per heavy atom. The zero-order valence-corrected chi connectivity index (χ0v) is 10.3. The molecule has 0 fully saturated rings. The van der Waals surface area contributed by atoms with Gasteiger partial charge in [-0.25, -0.2) is 4.90 Å². The SMILES string of the molecule is COC1c2ccccc2C(OC)N1C(C)C. The van der Waals surface area contributed by atoms with Gasteiger partial charge in [0, 0.05) is 31.4 Å². The van der Waals surface area contributed by atoms with Gasteiger partial charge in [-0.2, -0.15) is 0 Å². The second-order valence-corrected chi connectivity index (χ2v) is 4.35. The highest BCUT2D eigenvalue weighted by Gasteiger charge is 2.39. The quantitative estimate of drug-likeness (QED) is 0.783. The predicted molar refractivity (Wildman–Crippen MR) is 62.9 cm³/mol. The Kier molecular flexibility index (Phi) is 3.28. The van der Waals surface area contributed by atoms with Crippen molar-refractivity contribution in [3.8, 4) is 0 Å². The van der Waals surface area contributed by atoms with Gasteiger partial charge in [0.2, 0.25) is 0 Å². The van der Waals surface area contributed by atoms with Gasteiger partial charge in [0.15, 0.2) is 0 Å². The lowest BCUT2D eigenvalue weighted by Crippen LogP contribution is -2.34. The van der Waals surface area contributed by atoms with E-state index in [2.05, 4.69) is 30.9 Å². The molecule has 0 radical (unpaired) electrons. The van der Waals surface area contributed by atoms with E-state index in [1.165, 1.54) is 11.1 Å². The fourth-order valence-corrected chi connectivity index (χ4v) is 2.44. The first kappa shape index (κ1) is 11.6. The molecular weight excluding hydrogens is 202 g/mol. The third kappa shape index (κ3) is 1.65. The number of hydrogen-bond donors (Lipinski definition) is 0. The van der Waals surface area contributed by atoms with Gasteiger partial charge in [0.1, 0.15) is 12.5 Å². The topological polar surface area (TPSA) is 21.7 Å². The summed E-state index contributed by atoms with van der Waals surface area (Å²) >= 11 is 0. The Hall–Kier alpha value is -0.900. The lowest BCUT2D eigenvalue weighted by molar-refractivity contribution is -0.133. The number of hydrogen-bond acceptors (Lipinski definition) is 3. The molecule has 0 aliphatic carbocycles. The molecule has 1 aromatic rings. The summed E-state index contributed by atoms with van der Waals surface area (Å²) in [5, 5.41) is 0. The second kappa shape index (κ2) is 4.53. The molecule has 3 heteroatoms. The van der Waals surface area contributed by atoms with E-state index in [0.717, 1.165) is 0 Å². The summed E-state index contributed by atoms with van der Waals surface area (Å²) in [7, 11) is 3.49. The van der Waals surface area contributed by atoms with Crippen molar-refractivity contribution in [1.29, 1.82) is 0 Å². The minimum atomic E-state index is 0.00106. The van der Waals surface area contributed by atoms with Crippen molar-refractivity contribution in [2.45, 2.75) is 32.3 Å². The first-order valence-corrected chi connectivity index (χ1v) is 5.62. The maximum Gasteiger partial charge on any atom is 0.139 e. The lowest BCUT2D eigenvalue weighted by atomic mass is 10.1. The molecule has 0 saturated heterocycles. The number of fused-ring (bicyclic) bond motifs is 1. The van der Waals surface area contributed by atoms with Crippen LogP contribution in [0, 0.1) is 0 Å². The molecule has 0 spiro atoms. The molecule has 1 aliphatic rings. The summed E-state index contributed by atoms with van der Waals surface area (Å²) in [5.41, 5.74) is 2.43. The molecule has 2 atom stereocenters. The van der Waals surface area contributed by atoms with E-state index in [9.17, 15) is 0 Å². The molecule has 0 aromatic heterocycles. The van der Waals surface area contributed by atoms with E-state index < -0.39 is 0 Å². The molecule has 0 saturated carbocycles. The monoisotopic (exact) mass is 221 g/mol. The fraction of sp³-hybridized carbons (Fsp3) is 0.538. The van der Waals surface area contributed by atoms with E-state index in [4.69, 9.17) is 9.47 Å². The van der Waals surface area contributed by atoms with Crippen molar-refractivity contribution in [2.24, 2.45) is 0 Å². The highest BCUT2D eigenvalue weighted by atomic mass is 16.5. The van der Waals surface area contributed by atoms with E-state index in [0.29, 0.717) is 6.04 Å². The molecule has 88 valence electrons. The summed E-state index contributed by atoms with van der Waals surface area (Å²) in [4.78, 5) is 2.24. The highest BCUT2D eigenvalue weighted by Crippen LogP contribution is 2.43. The third-order valence-electron chi connectivity index (χ3n) is 3.11. The predicted octanol–water partition coefficient (Wildman–Crippen LogP) is 2.70. The molecule has 0 amide bonds. The Labute approximate surface area is 97.0 Å². The van der Waals surface area contributed by atoms with E-state index in [1.54, 1.807) is 14.2 Å². The average molecular weight is 221 g/mol. The summed E-state index contributed by atoms with van der Waals surface area (Å²) in [6.07, 6.45) is 0.00213. The number of methoxy groups -OCH3 is 2. The van der Waals surface area contributed by atoms with Gasteiger partial charge in [0.05, 0.1) is 0 Å². The van der Waals surface area contributed by atoms with Gasteiger partial charge in [-0.05, 0) is 13.8 Å². The molecule has 1 aliphatic heterocycles. The van der Waals surface area contributed by atoms with Crippen molar-refractivity contribution >= 4 is 0 Å². The van der Waals surface area contributed by atoms with E-state index in [1.807, 2.05) is 12.1 Å². The Balaban J connectivity index is 2.45. The van der Waals surface area contributed by atoms with Crippen molar-refractivity contribution in [2.75, 3.05) is 14.2 Å². The molecule has 0 bridgehead atoms. The Morgan fingerprint density at radius 3 is 1.75 bits per heavy atom. The summed E-state index contributed by atoms with van der Waals surface area (Å²) in [5.74, 6) is 0. The largest absolute Gasteiger partial charge is 0.362 e. The van der Waals surface area contributed by atoms with Crippen LogP contribution >= 0.6 is 0 Å². The first-order valence-electron chi connectivity index (χ1n) is 5.62. The Bertz CT molecular complexity index is 334. The zero-order chi connectivity index (χ0) is 11.7. The molecule has 0 N–H and O–H groups in total. The smallest absolute Gasteiger partial charge is 0.139 e. The van der Waals surface area contributed by atoms with Gasteiger partial charge >= 0.3 is 0 Å². The minimum Gasteiger partial charge on any atom is -0.362 e. The summed E-state index contributed by atoms with van der Waals surface area (Å²) < 4.78 is 11.2. The molecule has 2 rings (SSSR count). The van der Waals surface area contributed by atoms with Gasteiger partial charge < -0.3 is 9.47 Å². The van der Waals surface area contributed by atoms with E-state index >= 15 is 0 Å². The minimum absolute atomic E-state index is 0.00106. The molecule has 2 unspecified atom stereocenters. The lowest BCUT2D eigenvalue weighted by Gasteiger charge is -2.32. The van der Waals surface area contributed by atoms with Gasteiger partial charge in [-0.15, -0.1) is 0 Å². The first-order chi connectivity index (χ1) is 7.70. The van der Waals surface area contributed by atoms with Crippen LogP contribution in [0.2, 0.25) is 0 Å². The van der Waals surface area contributed by atoms with Crippen LogP contribution in [-0.4, -0.2) is 25.2 Å². The van der Waals surface area contributed by atoms with Crippen molar-refractivity contribution in [3.63, 3.8) is 0 Å². The third-order valence-corrected chi connectivity index (χ3v) is 3.11. The number of rotatable bonds is 3. The van der Waals surface area contributed by atoms with Gasteiger partial charge in [0.25, 0.3) is 0 Å². The van der Waals surface area contributed by atoms with Gasteiger partial charge in [-0.1, -0.05) is 24.3 Å². The molecular formula is C13H19NO2. The second-order valence-electron chi connectivity index (χ2n) is 4.35. The summed E-state index contributed by atoms with van der Waals surface area (Å²) in [6.45, 7) is 4.31. The molecule has 16 heavy (non-hydrogen) atoms. The number of ether oxygens (including phenoxy) is 2. The van der Waals surface area contributed by atoms with Crippen molar-refractivity contribution in [1.82, 2.24) is 4.90 Å². The van der Waals surface area contributed by atoms with Gasteiger partial charge in [-0.3, -0.25) is 0 Å². The van der Waals surface area contributed by atoms with Crippen LogP contribution < -0.4 is 0 Å². The van der Waals surface area contributed by atoms with Crippen LogP contribution in [0.15, 0.2) is 24.3 Å².